The SMILES string of the molecule is COCC(C)(C)Nc1nccn(C2CC2)c1=O. The minimum Gasteiger partial charge on any atom is -0.382 e. The number of methoxy groups -OCH3 is 1. The van der Waals surface area contributed by atoms with Gasteiger partial charge in [-0.25, -0.2) is 4.98 Å². The van der Waals surface area contributed by atoms with Crippen molar-refractivity contribution < 1.29 is 4.74 Å². The van der Waals surface area contributed by atoms with E-state index in [1.54, 1.807) is 24.1 Å². The third kappa shape index (κ3) is 2.85. The predicted octanol–water partition coefficient (Wildman–Crippen LogP) is 1.42. The number of nitrogens with one attached hydrogen (secondary N) is 1. The number of nitrogens with zero attached hydrogens (tertiary/aromatic N) is 2. The van der Waals surface area contributed by atoms with E-state index in [9.17, 15) is 4.79 Å². The van der Waals surface area contributed by atoms with Crippen LogP contribution in [-0.4, -0.2) is 28.8 Å². The zero-order valence-electron chi connectivity index (χ0n) is 10.6. The molecule has 2 rings (SSSR count). The van der Waals surface area contributed by atoms with Crippen LogP contribution < -0.4 is 10.9 Å². The van der Waals surface area contributed by atoms with Crippen LogP contribution in [0.2, 0.25) is 0 Å². The standard InChI is InChI=1S/C12H19N3O2/c1-12(2,8-17-3)14-10-11(16)15(7-6-13-10)9-4-5-9/h6-7,9H,4-5,8H2,1-3H3,(H,13,14). The van der Waals surface area contributed by atoms with E-state index < -0.39 is 0 Å². The molecule has 0 radical (unpaired) electrons. The molecule has 1 N–H and O–H groups in total. The van der Waals surface area contributed by atoms with Crippen molar-refractivity contribution in [1.82, 2.24) is 9.55 Å². The Kier molecular flexibility index (Phi) is 3.19. The van der Waals surface area contributed by atoms with E-state index in [0.29, 0.717) is 18.5 Å². The molecule has 0 bridgehead atoms. The number of anilines is 1. The Morgan fingerprint density at radius 1 is 1.59 bits per heavy atom. The van der Waals surface area contributed by atoms with E-state index in [-0.39, 0.29) is 11.1 Å². The van der Waals surface area contributed by atoms with Crippen LogP contribution in [0.1, 0.15) is 32.7 Å². The van der Waals surface area contributed by atoms with Gasteiger partial charge in [0.2, 0.25) is 0 Å². The second-order valence-corrected chi connectivity index (χ2v) is 5.16. The van der Waals surface area contributed by atoms with Crippen molar-refractivity contribution in [2.75, 3.05) is 19.0 Å². The highest BCUT2D eigenvalue weighted by atomic mass is 16.5. The van der Waals surface area contributed by atoms with Crippen LogP contribution in [0.4, 0.5) is 5.82 Å². The monoisotopic (exact) mass is 237 g/mol. The fourth-order valence-corrected chi connectivity index (χ4v) is 1.87. The van der Waals surface area contributed by atoms with Gasteiger partial charge >= 0.3 is 0 Å². The molecule has 0 aromatic carbocycles. The van der Waals surface area contributed by atoms with Crippen molar-refractivity contribution in [3.8, 4) is 0 Å². The Balaban J connectivity index is 2.21. The molecule has 1 saturated carbocycles. The molecule has 0 saturated heterocycles. The second-order valence-electron chi connectivity index (χ2n) is 5.16. The molecule has 5 heteroatoms. The van der Waals surface area contributed by atoms with Gasteiger partial charge in [-0.1, -0.05) is 0 Å². The molecule has 1 aromatic heterocycles. The molecule has 17 heavy (non-hydrogen) atoms. The maximum Gasteiger partial charge on any atom is 0.293 e. The Morgan fingerprint density at radius 2 is 2.29 bits per heavy atom. The molecule has 0 atom stereocenters. The molecule has 0 aliphatic heterocycles. The lowest BCUT2D eigenvalue weighted by Crippen LogP contribution is -2.39. The lowest BCUT2D eigenvalue weighted by molar-refractivity contribution is 0.158. The van der Waals surface area contributed by atoms with Crippen molar-refractivity contribution in [3.63, 3.8) is 0 Å². The lowest BCUT2D eigenvalue weighted by atomic mass is 10.1. The first-order chi connectivity index (χ1) is 8.03. The Morgan fingerprint density at radius 3 is 2.88 bits per heavy atom. The summed E-state index contributed by atoms with van der Waals surface area (Å²) in [5.41, 5.74) is -0.344. The first kappa shape index (κ1) is 12.1. The first-order valence-electron chi connectivity index (χ1n) is 5.88. The van der Waals surface area contributed by atoms with E-state index in [1.165, 1.54) is 0 Å². The molecule has 0 amide bonds. The normalized spacial score (nSPS) is 15.9. The summed E-state index contributed by atoms with van der Waals surface area (Å²) in [4.78, 5) is 16.2. The average Bonchev–Trinajstić information content (AvgIpc) is 3.04. The molecule has 5 nitrogen and oxygen atoms in total. The highest BCUT2D eigenvalue weighted by Crippen LogP contribution is 2.33. The van der Waals surface area contributed by atoms with E-state index in [1.807, 2.05) is 13.8 Å². The van der Waals surface area contributed by atoms with Crippen molar-refractivity contribution in [2.45, 2.75) is 38.3 Å². The molecular formula is C12H19N3O2. The minimum atomic E-state index is -0.302. The Hall–Kier alpha value is -1.36. The van der Waals surface area contributed by atoms with Crippen molar-refractivity contribution in [3.05, 3.63) is 22.7 Å². The smallest absolute Gasteiger partial charge is 0.293 e. The zero-order chi connectivity index (χ0) is 12.5. The number of rotatable bonds is 5. The van der Waals surface area contributed by atoms with Gasteiger partial charge in [0.1, 0.15) is 0 Å². The number of ether oxygens (including phenoxy) is 1. The van der Waals surface area contributed by atoms with Crippen LogP contribution in [0.5, 0.6) is 0 Å². The van der Waals surface area contributed by atoms with Crippen LogP contribution in [-0.2, 0) is 4.74 Å². The molecule has 1 aliphatic carbocycles. The Bertz CT molecular complexity index is 449. The van der Waals surface area contributed by atoms with Gasteiger partial charge in [0.15, 0.2) is 5.82 Å². The summed E-state index contributed by atoms with van der Waals surface area (Å²) in [7, 11) is 1.64. The van der Waals surface area contributed by atoms with Crippen LogP contribution in [0, 0.1) is 0 Å². The quantitative estimate of drug-likeness (QED) is 0.841. The largest absolute Gasteiger partial charge is 0.382 e. The van der Waals surface area contributed by atoms with Gasteiger partial charge in [-0.15, -0.1) is 0 Å². The summed E-state index contributed by atoms with van der Waals surface area (Å²) in [6, 6.07) is 0.372. The maximum atomic E-state index is 12.1. The third-order valence-electron chi connectivity index (χ3n) is 2.77. The molecule has 1 fully saturated rings. The number of hydrogen-bond donors (Lipinski definition) is 1. The Labute approximate surface area is 101 Å². The molecule has 94 valence electrons. The zero-order valence-corrected chi connectivity index (χ0v) is 10.6. The maximum absolute atomic E-state index is 12.1. The van der Waals surface area contributed by atoms with Gasteiger partial charge in [-0.3, -0.25) is 4.79 Å². The summed E-state index contributed by atoms with van der Waals surface area (Å²) in [6.07, 6.45) is 5.61. The van der Waals surface area contributed by atoms with E-state index in [4.69, 9.17) is 4.74 Å². The van der Waals surface area contributed by atoms with Gasteiger partial charge in [-0.05, 0) is 26.7 Å². The summed E-state index contributed by atoms with van der Waals surface area (Å²) < 4.78 is 6.87. The van der Waals surface area contributed by atoms with Gasteiger partial charge in [-0.2, -0.15) is 0 Å². The van der Waals surface area contributed by atoms with Crippen LogP contribution in [0.3, 0.4) is 0 Å². The molecule has 1 heterocycles. The van der Waals surface area contributed by atoms with Crippen LogP contribution in [0.25, 0.3) is 0 Å². The van der Waals surface area contributed by atoms with Gasteiger partial charge < -0.3 is 14.6 Å². The van der Waals surface area contributed by atoms with Gasteiger partial charge in [0, 0.05) is 25.5 Å². The lowest BCUT2D eigenvalue weighted by Gasteiger charge is -2.25. The topological polar surface area (TPSA) is 56.1 Å². The fraction of sp³-hybridized carbons (Fsp3) is 0.667. The summed E-state index contributed by atoms with van der Waals surface area (Å²) in [6.45, 7) is 4.48. The minimum absolute atomic E-state index is 0.0424. The predicted molar refractivity (Wildman–Crippen MR) is 66.3 cm³/mol. The molecule has 1 aromatic rings. The molecule has 0 unspecified atom stereocenters. The third-order valence-corrected chi connectivity index (χ3v) is 2.77. The molecular weight excluding hydrogens is 218 g/mol. The van der Waals surface area contributed by atoms with Crippen molar-refractivity contribution >= 4 is 5.82 Å². The van der Waals surface area contributed by atoms with Crippen molar-refractivity contribution in [1.29, 1.82) is 0 Å². The molecule has 0 spiro atoms. The second kappa shape index (κ2) is 4.49. The number of hydrogen-bond acceptors (Lipinski definition) is 4. The highest BCUT2D eigenvalue weighted by Gasteiger charge is 2.26. The van der Waals surface area contributed by atoms with E-state index >= 15 is 0 Å². The van der Waals surface area contributed by atoms with Crippen LogP contribution in [0.15, 0.2) is 17.2 Å². The summed E-state index contributed by atoms with van der Waals surface area (Å²) in [5, 5.41) is 3.14. The van der Waals surface area contributed by atoms with Gasteiger partial charge in [0.25, 0.3) is 5.56 Å². The average molecular weight is 237 g/mol. The summed E-state index contributed by atoms with van der Waals surface area (Å²) >= 11 is 0. The highest BCUT2D eigenvalue weighted by molar-refractivity contribution is 5.34. The van der Waals surface area contributed by atoms with Gasteiger partial charge in [0.05, 0.1) is 12.1 Å². The van der Waals surface area contributed by atoms with Crippen molar-refractivity contribution in [2.24, 2.45) is 0 Å². The van der Waals surface area contributed by atoms with Crippen LogP contribution >= 0.6 is 0 Å². The van der Waals surface area contributed by atoms with E-state index in [0.717, 1.165) is 12.8 Å². The first-order valence-corrected chi connectivity index (χ1v) is 5.88. The molecule has 1 aliphatic rings. The summed E-state index contributed by atoms with van der Waals surface area (Å²) in [5.74, 6) is 0.404. The fourth-order valence-electron chi connectivity index (χ4n) is 1.87. The number of aromatic nitrogens is 2. The van der Waals surface area contributed by atoms with E-state index in [2.05, 4.69) is 10.3 Å².